The van der Waals surface area contributed by atoms with E-state index in [4.69, 9.17) is 10.6 Å². The van der Waals surface area contributed by atoms with E-state index in [-0.39, 0.29) is 0 Å². The normalized spacial score (nSPS) is 22.0. The molecule has 0 amide bonds. The van der Waals surface area contributed by atoms with Gasteiger partial charge in [-0.25, -0.2) is 5.01 Å². The molecule has 1 aliphatic heterocycles. The number of ether oxygens (including phenoxy) is 1. The largest absolute Gasteiger partial charge is 0.378 e. The maximum atomic E-state index is 5.71. The van der Waals surface area contributed by atoms with Crippen molar-refractivity contribution in [2.45, 2.75) is 32.8 Å². The van der Waals surface area contributed by atoms with Crippen LogP contribution < -0.4 is 5.84 Å². The summed E-state index contributed by atoms with van der Waals surface area (Å²) < 4.78 is 5.71. The average Bonchev–Trinajstić information content (AvgIpc) is 2.03. The van der Waals surface area contributed by atoms with Crippen molar-refractivity contribution in [2.24, 2.45) is 11.8 Å². The van der Waals surface area contributed by atoms with Crippen molar-refractivity contribution in [1.29, 1.82) is 0 Å². The van der Waals surface area contributed by atoms with E-state index in [0.29, 0.717) is 12.0 Å². The molecule has 0 saturated carbocycles. The van der Waals surface area contributed by atoms with Gasteiger partial charge in [-0.15, -0.1) is 0 Å². The lowest BCUT2D eigenvalue weighted by atomic mass is 10.1. The average molecular weight is 172 g/mol. The van der Waals surface area contributed by atoms with Crippen LogP contribution in [0.25, 0.3) is 0 Å². The summed E-state index contributed by atoms with van der Waals surface area (Å²) in [5, 5.41) is 1.87. The van der Waals surface area contributed by atoms with Gasteiger partial charge in [0.25, 0.3) is 0 Å². The second-order valence-corrected chi connectivity index (χ2v) is 3.96. The molecule has 12 heavy (non-hydrogen) atoms. The van der Waals surface area contributed by atoms with Crippen LogP contribution in [0, 0.1) is 5.92 Å². The van der Waals surface area contributed by atoms with E-state index in [0.717, 1.165) is 32.5 Å². The molecular weight excluding hydrogens is 152 g/mol. The molecule has 2 N–H and O–H groups in total. The highest BCUT2D eigenvalue weighted by atomic mass is 16.5. The number of hydrogen-bond donors (Lipinski definition) is 1. The Morgan fingerprint density at radius 2 is 2.00 bits per heavy atom. The number of piperidine rings is 1. The zero-order valence-corrected chi connectivity index (χ0v) is 8.12. The molecule has 0 atom stereocenters. The zero-order chi connectivity index (χ0) is 8.97. The number of nitrogens with two attached hydrogens (primary N) is 1. The second kappa shape index (κ2) is 4.80. The lowest BCUT2D eigenvalue weighted by molar-refractivity contribution is -0.00457. The maximum absolute atomic E-state index is 5.71. The highest BCUT2D eigenvalue weighted by Gasteiger charge is 2.17. The van der Waals surface area contributed by atoms with E-state index in [1.807, 2.05) is 5.01 Å². The Labute approximate surface area is 74.8 Å². The Balaban J connectivity index is 2.09. The molecule has 1 heterocycles. The van der Waals surface area contributed by atoms with Crippen molar-refractivity contribution < 1.29 is 4.74 Å². The third-order valence-corrected chi connectivity index (χ3v) is 2.14. The maximum Gasteiger partial charge on any atom is 0.0600 e. The van der Waals surface area contributed by atoms with Gasteiger partial charge < -0.3 is 4.74 Å². The second-order valence-electron chi connectivity index (χ2n) is 3.96. The van der Waals surface area contributed by atoms with Gasteiger partial charge in [0.15, 0.2) is 0 Å². The van der Waals surface area contributed by atoms with Crippen molar-refractivity contribution in [3.8, 4) is 0 Å². The van der Waals surface area contributed by atoms with Gasteiger partial charge in [-0.2, -0.15) is 0 Å². The minimum absolute atomic E-state index is 0.451. The fourth-order valence-corrected chi connectivity index (χ4v) is 1.37. The van der Waals surface area contributed by atoms with E-state index in [1.54, 1.807) is 0 Å². The molecule has 0 aromatic heterocycles. The predicted octanol–water partition coefficient (Wildman–Crippen LogP) is 0.997. The van der Waals surface area contributed by atoms with E-state index in [1.165, 1.54) is 0 Å². The molecule has 0 spiro atoms. The molecule has 0 unspecified atom stereocenters. The Morgan fingerprint density at radius 3 is 2.50 bits per heavy atom. The molecule has 0 radical (unpaired) electrons. The van der Waals surface area contributed by atoms with Gasteiger partial charge >= 0.3 is 0 Å². The van der Waals surface area contributed by atoms with Gasteiger partial charge in [0.1, 0.15) is 0 Å². The van der Waals surface area contributed by atoms with E-state index < -0.39 is 0 Å². The van der Waals surface area contributed by atoms with Crippen molar-refractivity contribution >= 4 is 0 Å². The summed E-state index contributed by atoms with van der Waals surface area (Å²) in [7, 11) is 0. The van der Waals surface area contributed by atoms with Gasteiger partial charge in [-0.1, -0.05) is 13.8 Å². The van der Waals surface area contributed by atoms with Crippen molar-refractivity contribution in [3.63, 3.8) is 0 Å². The number of nitrogens with zero attached hydrogens (tertiary/aromatic N) is 1. The number of rotatable bonds is 3. The molecule has 0 aromatic rings. The number of hydrazine groups is 1. The van der Waals surface area contributed by atoms with Gasteiger partial charge in [0.05, 0.1) is 6.10 Å². The minimum Gasteiger partial charge on any atom is -0.378 e. The van der Waals surface area contributed by atoms with Crippen LogP contribution in [0.3, 0.4) is 0 Å². The van der Waals surface area contributed by atoms with Gasteiger partial charge in [0.2, 0.25) is 0 Å². The first kappa shape index (κ1) is 9.96. The first-order chi connectivity index (χ1) is 5.68. The summed E-state index contributed by atoms with van der Waals surface area (Å²) in [5.74, 6) is 6.27. The van der Waals surface area contributed by atoms with Crippen LogP contribution in [0.4, 0.5) is 0 Å². The Kier molecular flexibility index (Phi) is 3.98. The van der Waals surface area contributed by atoms with Crippen LogP contribution >= 0.6 is 0 Å². The third-order valence-electron chi connectivity index (χ3n) is 2.14. The van der Waals surface area contributed by atoms with Crippen LogP contribution in [0.2, 0.25) is 0 Å². The molecular formula is C9H20N2O. The highest BCUT2D eigenvalue weighted by Crippen LogP contribution is 2.11. The summed E-state index contributed by atoms with van der Waals surface area (Å²) in [6.07, 6.45) is 2.62. The first-order valence-electron chi connectivity index (χ1n) is 4.79. The lowest BCUT2D eigenvalue weighted by Gasteiger charge is -2.28. The molecule has 3 nitrogen and oxygen atoms in total. The van der Waals surface area contributed by atoms with Crippen LogP contribution in [0.1, 0.15) is 26.7 Å². The van der Waals surface area contributed by atoms with Crippen molar-refractivity contribution in [1.82, 2.24) is 5.01 Å². The van der Waals surface area contributed by atoms with Gasteiger partial charge in [-0.3, -0.25) is 5.84 Å². The van der Waals surface area contributed by atoms with Crippen molar-refractivity contribution in [3.05, 3.63) is 0 Å². The molecule has 1 saturated heterocycles. The van der Waals surface area contributed by atoms with Crippen LogP contribution in [0.5, 0.6) is 0 Å². The SMILES string of the molecule is CC(C)COC1CCN(N)CC1. The van der Waals surface area contributed by atoms with Crippen LogP contribution in [-0.4, -0.2) is 30.8 Å². The summed E-state index contributed by atoms with van der Waals surface area (Å²) in [6, 6.07) is 0. The van der Waals surface area contributed by atoms with E-state index in [9.17, 15) is 0 Å². The fraction of sp³-hybridized carbons (Fsp3) is 1.00. The molecule has 3 heteroatoms. The third kappa shape index (κ3) is 3.52. The van der Waals surface area contributed by atoms with Crippen LogP contribution in [0.15, 0.2) is 0 Å². The quantitative estimate of drug-likeness (QED) is 0.645. The fourth-order valence-electron chi connectivity index (χ4n) is 1.37. The zero-order valence-electron chi connectivity index (χ0n) is 8.12. The standard InChI is InChI=1S/C9H20N2O/c1-8(2)7-12-9-3-5-11(10)6-4-9/h8-9H,3-7,10H2,1-2H3. The highest BCUT2D eigenvalue weighted by molar-refractivity contribution is 4.68. The summed E-state index contributed by atoms with van der Waals surface area (Å²) >= 11 is 0. The van der Waals surface area contributed by atoms with Gasteiger partial charge in [-0.05, 0) is 18.8 Å². The summed E-state index contributed by atoms with van der Waals surface area (Å²) in [5.41, 5.74) is 0. The number of hydrogen-bond acceptors (Lipinski definition) is 3. The molecule has 1 aliphatic rings. The first-order valence-corrected chi connectivity index (χ1v) is 4.79. The topological polar surface area (TPSA) is 38.5 Å². The van der Waals surface area contributed by atoms with E-state index >= 15 is 0 Å². The summed E-state index contributed by atoms with van der Waals surface area (Å²) in [4.78, 5) is 0. The Morgan fingerprint density at radius 1 is 1.42 bits per heavy atom. The molecule has 1 fully saturated rings. The van der Waals surface area contributed by atoms with E-state index in [2.05, 4.69) is 13.8 Å². The Hall–Kier alpha value is -0.120. The van der Waals surface area contributed by atoms with Gasteiger partial charge in [0, 0.05) is 19.7 Å². The molecule has 0 aliphatic carbocycles. The minimum atomic E-state index is 0.451. The van der Waals surface area contributed by atoms with Crippen molar-refractivity contribution in [2.75, 3.05) is 19.7 Å². The Bertz CT molecular complexity index is 120. The predicted molar refractivity (Wildman–Crippen MR) is 49.6 cm³/mol. The summed E-state index contributed by atoms with van der Waals surface area (Å²) in [6.45, 7) is 7.19. The lowest BCUT2D eigenvalue weighted by Crippen LogP contribution is -2.41. The molecule has 0 bridgehead atoms. The van der Waals surface area contributed by atoms with Crippen LogP contribution in [-0.2, 0) is 4.74 Å². The monoisotopic (exact) mass is 172 g/mol. The smallest absolute Gasteiger partial charge is 0.0600 e. The molecule has 72 valence electrons. The molecule has 0 aromatic carbocycles. The molecule has 1 rings (SSSR count).